The van der Waals surface area contributed by atoms with Gasteiger partial charge in [0.15, 0.2) is 5.78 Å². The lowest BCUT2D eigenvalue weighted by Crippen LogP contribution is -2.17. The van der Waals surface area contributed by atoms with E-state index >= 15 is 0 Å². The molecule has 1 atom stereocenters. The highest BCUT2D eigenvalue weighted by Crippen LogP contribution is 2.34. The Balaban J connectivity index is 1.95. The molecule has 2 aromatic rings. The zero-order chi connectivity index (χ0) is 19.4. The Hall–Kier alpha value is -2.18. The van der Waals surface area contributed by atoms with Crippen LogP contribution in [0, 0.1) is 0 Å². The van der Waals surface area contributed by atoms with Crippen molar-refractivity contribution in [1.29, 1.82) is 0 Å². The molecule has 0 aromatic heterocycles. The van der Waals surface area contributed by atoms with Crippen LogP contribution in [0.15, 0.2) is 40.9 Å². The average Bonchev–Trinajstić information content (AvgIpc) is 3.16. The molecule has 1 aliphatic rings. The number of ether oxygens (including phenoxy) is 2. The highest BCUT2D eigenvalue weighted by atomic mass is 79.9. The van der Waals surface area contributed by atoms with E-state index < -0.39 is 0 Å². The molecule has 1 heterocycles. The molecule has 0 aliphatic carbocycles. The Morgan fingerprint density at radius 3 is 2.59 bits per heavy atom. The number of amides is 1. The van der Waals surface area contributed by atoms with Gasteiger partial charge in [0.1, 0.15) is 11.9 Å². The van der Waals surface area contributed by atoms with E-state index in [1.54, 1.807) is 12.1 Å². The molecule has 5 nitrogen and oxygen atoms in total. The Kier molecular flexibility index (Phi) is 6.29. The maximum atomic E-state index is 13.0. The van der Waals surface area contributed by atoms with Gasteiger partial charge in [-0.15, -0.1) is 0 Å². The number of aryl methyl sites for hydroxylation is 1. The summed E-state index contributed by atoms with van der Waals surface area (Å²) in [6.07, 6.45) is 1.69. The van der Waals surface area contributed by atoms with E-state index in [0.717, 1.165) is 18.4 Å². The van der Waals surface area contributed by atoms with E-state index in [4.69, 9.17) is 9.47 Å². The summed E-state index contributed by atoms with van der Waals surface area (Å²) < 4.78 is 12.0. The number of carbonyl (C=O) groups excluding carboxylic acids is 2. The molecule has 1 N–H and O–H groups in total. The predicted octanol–water partition coefficient (Wildman–Crippen LogP) is 4.37. The number of ketones is 1. The SMILES string of the molecule is CCc1ccc(C(=O)c2cc(Br)c(O[C@H]3CCOC3)cc2NC(C)=O)cc1. The van der Waals surface area contributed by atoms with Crippen LogP contribution in [0.25, 0.3) is 0 Å². The molecule has 2 aromatic carbocycles. The van der Waals surface area contributed by atoms with Crippen LogP contribution in [-0.4, -0.2) is 31.0 Å². The minimum Gasteiger partial charge on any atom is -0.487 e. The number of halogens is 1. The van der Waals surface area contributed by atoms with Gasteiger partial charge in [0.2, 0.25) is 5.91 Å². The van der Waals surface area contributed by atoms with E-state index in [-0.39, 0.29) is 17.8 Å². The van der Waals surface area contributed by atoms with Crippen molar-refractivity contribution in [3.05, 3.63) is 57.6 Å². The smallest absolute Gasteiger partial charge is 0.221 e. The van der Waals surface area contributed by atoms with E-state index in [1.165, 1.54) is 6.92 Å². The van der Waals surface area contributed by atoms with E-state index in [2.05, 4.69) is 28.2 Å². The molecule has 0 saturated carbocycles. The zero-order valence-electron chi connectivity index (χ0n) is 15.4. The van der Waals surface area contributed by atoms with Crippen LogP contribution in [0.1, 0.15) is 41.8 Å². The van der Waals surface area contributed by atoms with Crippen molar-refractivity contribution in [3.8, 4) is 5.75 Å². The maximum absolute atomic E-state index is 13.0. The Bertz CT molecular complexity index is 842. The summed E-state index contributed by atoms with van der Waals surface area (Å²) in [5.74, 6) is 0.174. The van der Waals surface area contributed by atoms with Crippen LogP contribution in [-0.2, 0) is 16.0 Å². The van der Waals surface area contributed by atoms with Crippen LogP contribution >= 0.6 is 15.9 Å². The fourth-order valence-electron chi connectivity index (χ4n) is 2.96. The van der Waals surface area contributed by atoms with Crippen molar-refractivity contribution < 1.29 is 19.1 Å². The van der Waals surface area contributed by atoms with Crippen LogP contribution in [0.3, 0.4) is 0 Å². The number of hydrogen-bond donors (Lipinski definition) is 1. The summed E-state index contributed by atoms with van der Waals surface area (Å²) in [7, 11) is 0. The van der Waals surface area contributed by atoms with Crippen LogP contribution in [0.5, 0.6) is 5.75 Å². The third kappa shape index (κ3) is 4.76. The molecule has 27 heavy (non-hydrogen) atoms. The second kappa shape index (κ2) is 8.67. The standard InChI is InChI=1S/C21H22BrNO4/c1-3-14-4-6-15(7-5-14)21(25)17-10-18(22)20(11-19(17)23-13(2)24)27-16-8-9-26-12-16/h4-7,10-11,16H,3,8-9,12H2,1-2H3,(H,23,24)/t16-/m0/s1. The second-order valence-electron chi connectivity index (χ2n) is 6.49. The molecule has 1 saturated heterocycles. The van der Waals surface area contributed by atoms with Gasteiger partial charge in [-0.25, -0.2) is 0 Å². The quantitative estimate of drug-likeness (QED) is 0.689. The molecule has 3 rings (SSSR count). The molecule has 6 heteroatoms. The lowest BCUT2D eigenvalue weighted by Gasteiger charge is -2.17. The van der Waals surface area contributed by atoms with Gasteiger partial charge >= 0.3 is 0 Å². The van der Waals surface area contributed by atoms with Crippen molar-refractivity contribution in [3.63, 3.8) is 0 Å². The first-order chi connectivity index (χ1) is 13.0. The Labute approximate surface area is 167 Å². The number of anilines is 1. The van der Waals surface area contributed by atoms with Crippen molar-refractivity contribution >= 4 is 33.3 Å². The summed E-state index contributed by atoms with van der Waals surface area (Å²) in [6, 6.07) is 10.9. The summed E-state index contributed by atoms with van der Waals surface area (Å²) in [4.78, 5) is 24.7. The van der Waals surface area contributed by atoms with Gasteiger partial charge in [-0.1, -0.05) is 31.2 Å². The second-order valence-corrected chi connectivity index (χ2v) is 7.35. The Morgan fingerprint density at radius 2 is 2.00 bits per heavy atom. The fourth-order valence-corrected chi connectivity index (χ4v) is 3.39. The number of rotatable bonds is 6. The fraction of sp³-hybridized carbons (Fsp3) is 0.333. The normalized spacial score (nSPS) is 16.2. The van der Waals surface area contributed by atoms with Crippen LogP contribution in [0.2, 0.25) is 0 Å². The Morgan fingerprint density at radius 1 is 1.26 bits per heavy atom. The van der Waals surface area contributed by atoms with Crippen molar-refractivity contribution in [2.45, 2.75) is 32.8 Å². The topological polar surface area (TPSA) is 64.6 Å². The minimum atomic E-state index is -0.247. The molecule has 0 radical (unpaired) electrons. The highest BCUT2D eigenvalue weighted by molar-refractivity contribution is 9.10. The third-order valence-corrected chi connectivity index (χ3v) is 5.05. The average molecular weight is 432 g/mol. The van der Waals surface area contributed by atoms with Gasteiger partial charge in [0.25, 0.3) is 0 Å². The maximum Gasteiger partial charge on any atom is 0.221 e. The van der Waals surface area contributed by atoms with E-state index in [0.29, 0.717) is 40.3 Å². The van der Waals surface area contributed by atoms with Crippen LogP contribution in [0.4, 0.5) is 5.69 Å². The van der Waals surface area contributed by atoms with E-state index in [1.807, 2.05) is 24.3 Å². The highest BCUT2D eigenvalue weighted by Gasteiger charge is 2.22. The van der Waals surface area contributed by atoms with Gasteiger partial charge in [0, 0.05) is 30.5 Å². The first-order valence-corrected chi connectivity index (χ1v) is 9.76. The van der Waals surface area contributed by atoms with Gasteiger partial charge in [-0.05, 0) is 34.0 Å². The lowest BCUT2D eigenvalue weighted by atomic mass is 9.99. The van der Waals surface area contributed by atoms with Gasteiger partial charge in [0.05, 0.1) is 23.4 Å². The van der Waals surface area contributed by atoms with Gasteiger partial charge in [-0.2, -0.15) is 0 Å². The zero-order valence-corrected chi connectivity index (χ0v) is 17.0. The lowest BCUT2D eigenvalue weighted by molar-refractivity contribution is -0.114. The molecule has 1 aliphatic heterocycles. The van der Waals surface area contributed by atoms with Gasteiger partial charge in [-0.3, -0.25) is 9.59 Å². The largest absolute Gasteiger partial charge is 0.487 e. The minimum absolute atomic E-state index is 0.0328. The first-order valence-electron chi connectivity index (χ1n) is 8.97. The third-order valence-electron chi connectivity index (χ3n) is 4.43. The number of benzene rings is 2. The molecule has 0 unspecified atom stereocenters. The molecule has 142 valence electrons. The van der Waals surface area contributed by atoms with Crippen molar-refractivity contribution in [2.75, 3.05) is 18.5 Å². The molecule has 1 fully saturated rings. The number of carbonyl (C=O) groups is 2. The first kappa shape index (κ1) is 19.6. The van der Waals surface area contributed by atoms with E-state index in [9.17, 15) is 9.59 Å². The van der Waals surface area contributed by atoms with Gasteiger partial charge < -0.3 is 14.8 Å². The van der Waals surface area contributed by atoms with Crippen molar-refractivity contribution in [1.82, 2.24) is 0 Å². The summed E-state index contributed by atoms with van der Waals surface area (Å²) in [5.41, 5.74) is 2.58. The number of nitrogens with one attached hydrogen (secondary N) is 1. The molecule has 0 spiro atoms. The summed E-state index contributed by atoms with van der Waals surface area (Å²) in [5, 5.41) is 2.75. The molecular weight excluding hydrogens is 410 g/mol. The monoisotopic (exact) mass is 431 g/mol. The molecular formula is C21H22BrNO4. The van der Waals surface area contributed by atoms with Crippen LogP contribution < -0.4 is 10.1 Å². The molecule has 1 amide bonds. The number of hydrogen-bond acceptors (Lipinski definition) is 4. The summed E-state index contributed by atoms with van der Waals surface area (Å²) in [6.45, 7) is 4.69. The molecule has 0 bridgehead atoms. The van der Waals surface area contributed by atoms with Crippen molar-refractivity contribution in [2.24, 2.45) is 0 Å². The predicted molar refractivity (Wildman–Crippen MR) is 108 cm³/mol. The summed E-state index contributed by atoms with van der Waals surface area (Å²) >= 11 is 3.49.